The molecule has 0 bridgehead atoms. The maximum absolute atomic E-state index is 9.45. The van der Waals surface area contributed by atoms with Crippen molar-refractivity contribution >= 4 is 27.7 Å². The summed E-state index contributed by atoms with van der Waals surface area (Å²) in [7, 11) is 0. The number of hydrogen-bond donors (Lipinski definition) is 1. The summed E-state index contributed by atoms with van der Waals surface area (Å²) in [6.07, 6.45) is 1.27. The molecule has 0 radical (unpaired) electrons. The molecule has 0 unspecified atom stereocenters. The van der Waals surface area contributed by atoms with Crippen molar-refractivity contribution < 1.29 is 0 Å². The molecule has 3 nitrogen and oxygen atoms in total. The van der Waals surface area contributed by atoms with E-state index in [2.05, 4.69) is 47.8 Å². The molecule has 1 N–H and O–H groups in total. The van der Waals surface area contributed by atoms with Crippen LogP contribution in [0.4, 0.5) is 11.4 Å². The van der Waals surface area contributed by atoms with Gasteiger partial charge in [-0.15, -0.1) is 0 Å². The quantitative estimate of drug-likeness (QED) is 0.407. The van der Waals surface area contributed by atoms with E-state index in [0.717, 1.165) is 22.5 Å². The van der Waals surface area contributed by atoms with Crippen LogP contribution >= 0.6 is 0 Å². The molecule has 0 saturated heterocycles. The van der Waals surface area contributed by atoms with Crippen LogP contribution in [0.1, 0.15) is 5.56 Å². The van der Waals surface area contributed by atoms with E-state index in [0.29, 0.717) is 11.1 Å². The third-order valence-corrected chi connectivity index (χ3v) is 4.82. The molecule has 4 aromatic rings. The summed E-state index contributed by atoms with van der Waals surface area (Å²) in [6, 6.07) is 34.3. The van der Waals surface area contributed by atoms with Gasteiger partial charge in [0.15, 0.2) is 0 Å². The zero-order chi connectivity index (χ0) is 20.1. The van der Waals surface area contributed by atoms with E-state index in [1.54, 1.807) is 0 Å². The third kappa shape index (κ3) is 3.58. The zero-order valence-electron chi connectivity index (χ0n) is 15.6. The van der Waals surface area contributed by atoms with Crippen LogP contribution in [0.2, 0.25) is 0 Å². The van der Waals surface area contributed by atoms with Crippen molar-refractivity contribution in [1.82, 2.24) is 0 Å². The van der Waals surface area contributed by atoms with Crippen LogP contribution in [0.15, 0.2) is 97.1 Å². The third-order valence-electron chi connectivity index (χ3n) is 4.82. The Hall–Kier alpha value is -4.34. The topological polar surface area (TPSA) is 59.6 Å². The van der Waals surface area contributed by atoms with E-state index in [1.165, 1.54) is 16.8 Å². The average Bonchev–Trinajstić information content (AvgIpc) is 2.78. The van der Waals surface area contributed by atoms with Crippen LogP contribution in [0.3, 0.4) is 0 Å². The standard InChI is InChI=1S/C26H17N3/c27-17-16-20(18-28)22-11-3-5-14-25(22)29-26-15-6-4-12-24(26)23-13-7-9-19-8-1-2-10-21(19)23/h1-16,29H. The number of nitrogens with zero attached hydrogens (tertiary/aromatic N) is 2. The summed E-state index contributed by atoms with van der Waals surface area (Å²) >= 11 is 0. The van der Waals surface area contributed by atoms with Gasteiger partial charge in [0.1, 0.15) is 6.07 Å². The number of fused-ring (bicyclic) bond motifs is 1. The number of rotatable bonds is 4. The summed E-state index contributed by atoms with van der Waals surface area (Å²) in [5.74, 6) is 0. The van der Waals surface area contributed by atoms with Gasteiger partial charge >= 0.3 is 0 Å². The van der Waals surface area contributed by atoms with Crippen LogP contribution in [0.5, 0.6) is 0 Å². The second-order valence-electron chi connectivity index (χ2n) is 6.54. The zero-order valence-corrected chi connectivity index (χ0v) is 15.6. The maximum Gasteiger partial charge on any atom is 0.101 e. The predicted octanol–water partition coefficient (Wildman–Crippen LogP) is 6.68. The van der Waals surface area contributed by atoms with Crippen molar-refractivity contribution in [2.75, 3.05) is 5.32 Å². The number of para-hydroxylation sites is 2. The van der Waals surface area contributed by atoms with E-state index >= 15 is 0 Å². The Morgan fingerprint density at radius 2 is 1.34 bits per heavy atom. The normalized spacial score (nSPS) is 10.9. The van der Waals surface area contributed by atoms with Crippen LogP contribution in [-0.4, -0.2) is 0 Å². The summed E-state index contributed by atoms with van der Waals surface area (Å²) < 4.78 is 0. The van der Waals surface area contributed by atoms with E-state index in [-0.39, 0.29) is 0 Å². The van der Waals surface area contributed by atoms with Gasteiger partial charge in [-0.3, -0.25) is 0 Å². The maximum atomic E-state index is 9.45. The molecule has 0 spiro atoms. The van der Waals surface area contributed by atoms with Crippen molar-refractivity contribution in [2.45, 2.75) is 0 Å². The van der Waals surface area contributed by atoms with E-state index in [9.17, 15) is 5.26 Å². The molecule has 29 heavy (non-hydrogen) atoms. The summed E-state index contributed by atoms with van der Waals surface area (Å²) in [6.45, 7) is 0. The number of allylic oxidation sites excluding steroid dienone is 2. The Kier molecular flexibility index (Phi) is 5.06. The highest BCUT2D eigenvalue weighted by molar-refractivity contribution is 6.00. The summed E-state index contributed by atoms with van der Waals surface area (Å²) in [5.41, 5.74) is 4.95. The Morgan fingerprint density at radius 3 is 2.17 bits per heavy atom. The lowest BCUT2D eigenvalue weighted by molar-refractivity contribution is 1.48. The molecule has 0 aliphatic rings. The minimum Gasteiger partial charge on any atom is -0.354 e. The molecule has 136 valence electrons. The molecule has 0 aromatic heterocycles. The lowest BCUT2D eigenvalue weighted by atomic mass is 9.96. The first-order valence-corrected chi connectivity index (χ1v) is 9.25. The van der Waals surface area contributed by atoms with E-state index in [4.69, 9.17) is 5.26 Å². The highest BCUT2D eigenvalue weighted by Gasteiger charge is 2.11. The largest absolute Gasteiger partial charge is 0.354 e. The molecule has 4 rings (SSSR count). The Labute approximate surface area is 169 Å². The number of nitriles is 2. The molecular weight excluding hydrogens is 354 g/mol. The fraction of sp³-hybridized carbons (Fsp3) is 0. The SMILES string of the molecule is N#CC=C(C#N)c1ccccc1Nc1ccccc1-c1cccc2ccccc12. The fourth-order valence-corrected chi connectivity index (χ4v) is 3.49. The number of nitrogens with one attached hydrogen (secondary N) is 1. The minimum absolute atomic E-state index is 0.332. The Bertz CT molecular complexity index is 1300. The van der Waals surface area contributed by atoms with Gasteiger partial charge in [-0.2, -0.15) is 10.5 Å². The number of anilines is 2. The summed E-state index contributed by atoms with van der Waals surface area (Å²) in [4.78, 5) is 0. The first-order valence-electron chi connectivity index (χ1n) is 9.25. The molecule has 0 aliphatic carbocycles. The fourth-order valence-electron chi connectivity index (χ4n) is 3.49. The Balaban J connectivity index is 1.84. The van der Waals surface area contributed by atoms with Crippen molar-refractivity contribution in [3.8, 4) is 23.3 Å². The van der Waals surface area contributed by atoms with Gasteiger partial charge in [-0.1, -0.05) is 78.9 Å². The molecule has 0 fully saturated rings. The van der Waals surface area contributed by atoms with Gasteiger partial charge in [-0.25, -0.2) is 0 Å². The minimum atomic E-state index is 0.332. The molecule has 0 atom stereocenters. The van der Waals surface area contributed by atoms with E-state index < -0.39 is 0 Å². The lowest BCUT2D eigenvalue weighted by Crippen LogP contribution is -1.97. The predicted molar refractivity (Wildman–Crippen MR) is 118 cm³/mol. The molecule has 0 aliphatic heterocycles. The van der Waals surface area contributed by atoms with Gasteiger partial charge in [0.25, 0.3) is 0 Å². The van der Waals surface area contributed by atoms with Crippen molar-refractivity contribution in [2.24, 2.45) is 0 Å². The van der Waals surface area contributed by atoms with Crippen molar-refractivity contribution in [3.63, 3.8) is 0 Å². The van der Waals surface area contributed by atoms with Gasteiger partial charge in [0.05, 0.1) is 11.6 Å². The molecule has 0 saturated carbocycles. The van der Waals surface area contributed by atoms with Gasteiger partial charge in [0, 0.05) is 28.6 Å². The molecular formula is C26H17N3. The smallest absolute Gasteiger partial charge is 0.101 e. The van der Waals surface area contributed by atoms with Crippen LogP contribution in [-0.2, 0) is 0 Å². The van der Waals surface area contributed by atoms with Crippen LogP contribution in [0.25, 0.3) is 27.5 Å². The second kappa shape index (κ2) is 8.13. The molecule has 0 heterocycles. The van der Waals surface area contributed by atoms with Gasteiger partial charge < -0.3 is 5.32 Å². The molecule has 4 aromatic carbocycles. The first kappa shape index (κ1) is 18.0. The van der Waals surface area contributed by atoms with Gasteiger partial charge in [0.2, 0.25) is 0 Å². The van der Waals surface area contributed by atoms with Crippen LogP contribution in [0, 0.1) is 22.7 Å². The molecule has 3 heteroatoms. The first-order chi connectivity index (χ1) is 14.3. The number of hydrogen-bond acceptors (Lipinski definition) is 3. The molecule has 0 amide bonds. The van der Waals surface area contributed by atoms with Gasteiger partial charge in [-0.05, 0) is 28.5 Å². The van der Waals surface area contributed by atoms with Crippen molar-refractivity contribution in [1.29, 1.82) is 10.5 Å². The van der Waals surface area contributed by atoms with Crippen molar-refractivity contribution in [3.05, 3.63) is 103 Å². The lowest BCUT2D eigenvalue weighted by Gasteiger charge is -2.16. The monoisotopic (exact) mass is 371 g/mol. The van der Waals surface area contributed by atoms with E-state index in [1.807, 2.05) is 60.7 Å². The number of benzene rings is 4. The van der Waals surface area contributed by atoms with Crippen LogP contribution < -0.4 is 5.32 Å². The second-order valence-corrected chi connectivity index (χ2v) is 6.54. The summed E-state index contributed by atoms with van der Waals surface area (Å²) in [5, 5.41) is 24.3. The average molecular weight is 371 g/mol. The highest BCUT2D eigenvalue weighted by Crippen LogP contribution is 2.36. The Morgan fingerprint density at radius 1 is 0.690 bits per heavy atom. The highest BCUT2D eigenvalue weighted by atomic mass is 14.9.